The lowest BCUT2D eigenvalue weighted by molar-refractivity contribution is 0.532. The van der Waals surface area contributed by atoms with Crippen LogP contribution in [0.25, 0.3) is 32.7 Å². The number of rotatable bonds is 4. The second-order valence-corrected chi connectivity index (χ2v) is 13.3. The first-order valence-electron chi connectivity index (χ1n) is 16.4. The molecule has 0 fully saturated rings. The maximum absolute atomic E-state index is 12.4. The standard InChI is InChI=1S/C14H19N3O2.C12H14N2O.C11H13N3O2/c1-9(2)17-13(18)11-8-10(15(3)4)6-7-12(11)16(5)14(17)19;1-8(2)10-6-9-4-5-13-7-11(9)14(3)12(10)15;1-7(2)14-10(15)8-4-5-12-6-9(8)13(3)11(14)16/h6-9H,1-5H3;4-8H,1-3H3;4-7H,1-3H3. The van der Waals surface area contributed by atoms with Gasteiger partial charge in [0, 0.05) is 76.4 Å². The van der Waals surface area contributed by atoms with Crippen molar-refractivity contribution in [1.82, 2.24) is 32.8 Å². The average molecular weight is 683 g/mol. The zero-order chi connectivity index (χ0) is 37.2. The van der Waals surface area contributed by atoms with Crippen LogP contribution in [0.15, 0.2) is 85.2 Å². The van der Waals surface area contributed by atoms with Gasteiger partial charge < -0.3 is 9.47 Å². The molecule has 0 bridgehead atoms. The summed E-state index contributed by atoms with van der Waals surface area (Å²) < 4.78 is 7.18. The molecule has 6 rings (SSSR count). The molecule has 0 saturated carbocycles. The van der Waals surface area contributed by atoms with Crippen LogP contribution in [0.1, 0.15) is 65.1 Å². The summed E-state index contributed by atoms with van der Waals surface area (Å²) in [7, 11) is 8.97. The molecule has 0 atom stereocenters. The van der Waals surface area contributed by atoms with E-state index in [1.165, 1.54) is 24.5 Å². The number of anilines is 1. The molecule has 50 heavy (non-hydrogen) atoms. The Morgan fingerprint density at radius 1 is 0.580 bits per heavy atom. The molecular weight excluding hydrogens is 636 g/mol. The number of pyridine rings is 3. The molecule has 0 aliphatic rings. The van der Waals surface area contributed by atoms with E-state index in [-0.39, 0.29) is 46.1 Å². The second-order valence-electron chi connectivity index (χ2n) is 13.3. The van der Waals surface area contributed by atoms with Crippen molar-refractivity contribution in [3.63, 3.8) is 0 Å². The van der Waals surface area contributed by atoms with Gasteiger partial charge in [-0.3, -0.25) is 42.6 Å². The summed E-state index contributed by atoms with van der Waals surface area (Å²) in [5, 5.41) is 2.16. The van der Waals surface area contributed by atoms with Gasteiger partial charge in [0.15, 0.2) is 0 Å². The Labute approximate surface area is 289 Å². The first-order valence-corrected chi connectivity index (χ1v) is 16.4. The van der Waals surface area contributed by atoms with Gasteiger partial charge in [-0.25, -0.2) is 9.59 Å². The van der Waals surface area contributed by atoms with E-state index in [2.05, 4.69) is 9.97 Å². The van der Waals surface area contributed by atoms with Crippen molar-refractivity contribution in [2.75, 3.05) is 19.0 Å². The summed E-state index contributed by atoms with van der Waals surface area (Å²) in [6.45, 7) is 11.4. The van der Waals surface area contributed by atoms with Crippen LogP contribution in [0.5, 0.6) is 0 Å². The average Bonchev–Trinajstić information content (AvgIpc) is 3.08. The molecule has 0 aliphatic heterocycles. The first-order chi connectivity index (χ1) is 23.5. The van der Waals surface area contributed by atoms with Crippen molar-refractivity contribution in [2.45, 2.75) is 59.5 Å². The van der Waals surface area contributed by atoms with Gasteiger partial charge in [0.1, 0.15) is 0 Å². The third-order valence-corrected chi connectivity index (χ3v) is 8.62. The van der Waals surface area contributed by atoms with E-state index in [0.717, 1.165) is 22.2 Å². The predicted octanol–water partition coefficient (Wildman–Crippen LogP) is 4.08. The van der Waals surface area contributed by atoms with Crippen LogP contribution < -0.4 is 33.0 Å². The molecule has 0 radical (unpaired) electrons. The van der Waals surface area contributed by atoms with E-state index in [0.29, 0.717) is 21.8 Å². The van der Waals surface area contributed by atoms with Crippen molar-refractivity contribution in [3.8, 4) is 0 Å². The van der Waals surface area contributed by atoms with Crippen LogP contribution >= 0.6 is 0 Å². The highest BCUT2D eigenvalue weighted by molar-refractivity contribution is 5.82. The number of fused-ring (bicyclic) bond motifs is 3. The van der Waals surface area contributed by atoms with Gasteiger partial charge in [-0.1, -0.05) is 13.8 Å². The van der Waals surface area contributed by atoms with Crippen molar-refractivity contribution >= 4 is 38.4 Å². The Hall–Kier alpha value is -5.59. The van der Waals surface area contributed by atoms with Gasteiger partial charge in [0.25, 0.3) is 16.7 Å². The summed E-state index contributed by atoms with van der Waals surface area (Å²) >= 11 is 0. The Morgan fingerprint density at radius 3 is 1.64 bits per heavy atom. The van der Waals surface area contributed by atoms with Crippen LogP contribution in [0.3, 0.4) is 0 Å². The molecule has 1 aromatic carbocycles. The lowest BCUT2D eigenvalue weighted by atomic mass is 10.0. The molecule has 0 spiro atoms. The number of hydrogen-bond donors (Lipinski definition) is 0. The largest absolute Gasteiger partial charge is 0.378 e. The Bertz CT molecular complexity index is 2500. The van der Waals surface area contributed by atoms with Crippen molar-refractivity contribution < 1.29 is 0 Å². The molecular formula is C37H46N8O5. The normalized spacial score (nSPS) is 11.2. The fraction of sp³-hybridized carbons (Fsp3) is 0.378. The Balaban J connectivity index is 0.000000170. The van der Waals surface area contributed by atoms with Crippen LogP contribution in [-0.4, -0.2) is 46.9 Å². The van der Waals surface area contributed by atoms with Crippen LogP contribution in [0, 0.1) is 0 Å². The highest BCUT2D eigenvalue weighted by Gasteiger charge is 2.15. The van der Waals surface area contributed by atoms with E-state index in [9.17, 15) is 24.0 Å². The maximum atomic E-state index is 12.4. The molecule has 0 saturated heterocycles. The van der Waals surface area contributed by atoms with E-state index in [1.807, 2.05) is 90.9 Å². The summed E-state index contributed by atoms with van der Waals surface area (Å²) in [5.41, 5.74) is 2.93. The topological polar surface area (TPSA) is 139 Å². The van der Waals surface area contributed by atoms with Crippen molar-refractivity contribution in [1.29, 1.82) is 0 Å². The molecule has 13 nitrogen and oxygen atoms in total. The minimum absolute atomic E-state index is 0.0745. The van der Waals surface area contributed by atoms with E-state index >= 15 is 0 Å². The van der Waals surface area contributed by atoms with Crippen molar-refractivity contribution in [3.05, 3.63) is 119 Å². The molecule has 0 aliphatic carbocycles. The Kier molecular flexibility index (Phi) is 11.1. The van der Waals surface area contributed by atoms with E-state index < -0.39 is 0 Å². The van der Waals surface area contributed by atoms with Gasteiger partial charge in [-0.05, 0) is 70.0 Å². The smallest absolute Gasteiger partial charge is 0.331 e. The van der Waals surface area contributed by atoms with Gasteiger partial charge in [0.2, 0.25) is 0 Å². The second kappa shape index (κ2) is 14.9. The molecule has 264 valence electrons. The molecule has 0 unspecified atom stereocenters. The number of aromatic nitrogens is 7. The van der Waals surface area contributed by atoms with Crippen LogP contribution in [0.2, 0.25) is 0 Å². The fourth-order valence-electron chi connectivity index (χ4n) is 5.72. The van der Waals surface area contributed by atoms with Crippen molar-refractivity contribution in [2.24, 2.45) is 21.1 Å². The third-order valence-electron chi connectivity index (χ3n) is 8.62. The predicted molar refractivity (Wildman–Crippen MR) is 201 cm³/mol. The molecule has 6 aromatic rings. The molecule has 0 amide bonds. The fourth-order valence-corrected chi connectivity index (χ4v) is 5.72. The van der Waals surface area contributed by atoms with Crippen LogP contribution in [0.4, 0.5) is 5.69 Å². The van der Waals surface area contributed by atoms with E-state index in [1.54, 1.807) is 50.4 Å². The summed E-state index contributed by atoms with van der Waals surface area (Å²) in [6.07, 6.45) is 6.55. The Morgan fingerprint density at radius 2 is 1.10 bits per heavy atom. The number of aryl methyl sites for hydroxylation is 3. The van der Waals surface area contributed by atoms with E-state index in [4.69, 9.17) is 0 Å². The van der Waals surface area contributed by atoms with Gasteiger partial charge in [0.05, 0.1) is 39.7 Å². The zero-order valence-corrected chi connectivity index (χ0v) is 30.6. The van der Waals surface area contributed by atoms with Gasteiger partial charge in [-0.15, -0.1) is 0 Å². The van der Waals surface area contributed by atoms with Crippen LogP contribution in [-0.2, 0) is 21.1 Å². The van der Waals surface area contributed by atoms with Gasteiger partial charge in [-0.2, -0.15) is 0 Å². The summed E-state index contributed by atoms with van der Waals surface area (Å²) in [5.74, 6) is 0.251. The monoisotopic (exact) mass is 682 g/mol. The quantitative estimate of drug-likeness (QED) is 0.271. The minimum atomic E-state index is -0.305. The minimum Gasteiger partial charge on any atom is -0.378 e. The number of benzene rings is 1. The number of nitrogens with zero attached hydrogens (tertiary/aromatic N) is 8. The third kappa shape index (κ3) is 7.07. The molecule has 13 heteroatoms. The first kappa shape index (κ1) is 37.2. The maximum Gasteiger partial charge on any atom is 0.331 e. The highest BCUT2D eigenvalue weighted by Crippen LogP contribution is 2.18. The van der Waals surface area contributed by atoms with Gasteiger partial charge >= 0.3 is 11.4 Å². The summed E-state index contributed by atoms with van der Waals surface area (Å²) in [4.78, 5) is 70.5. The molecule has 5 heterocycles. The molecule has 5 aromatic heterocycles. The lowest BCUT2D eigenvalue weighted by Gasteiger charge is -2.16. The SMILES string of the molecule is CC(C)c1cc2ccncc2n(C)c1=O.CC(C)n1c(=O)c2cc(N(C)C)ccc2n(C)c1=O.CC(C)n1c(=O)c2ccncc2n(C)c1=O. The molecule has 0 N–H and O–H groups in total. The summed E-state index contributed by atoms with van der Waals surface area (Å²) in [6, 6.07) is 10.8. The zero-order valence-electron chi connectivity index (χ0n) is 30.6. The highest BCUT2D eigenvalue weighted by atomic mass is 16.2. The lowest BCUT2D eigenvalue weighted by Crippen LogP contribution is -2.40. The number of hydrogen-bond acceptors (Lipinski definition) is 8.